The van der Waals surface area contributed by atoms with Gasteiger partial charge in [0.15, 0.2) is 0 Å². The van der Waals surface area contributed by atoms with E-state index in [-0.39, 0.29) is 23.4 Å². The third kappa shape index (κ3) is 5.10. The summed E-state index contributed by atoms with van der Waals surface area (Å²) in [6.07, 6.45) is 3.39. The molecule has 0 aromatic heterocycles. The quantitative estimate of drug-likeness (QED) is 0.691. The maximum atomic E-state index is 12.9. The van der Waals surface area contributed by atoms with Crippen molar-refractivity contribution in [2.45, 2.75) is 44.1 Å². The van der Waals surface area contributed by atoms with Gasteiger partial charge < -0.3 is 15.0 Å². The predicted molar refractivity (Wildman–Crippen MR) is 123 cm³/mol. The zero-order valence-corrected chi connectivity index (χ0v) is 18.9. The van der Waals surface area contributed by atoms with Crippen molar-refractivity contribution in [2.24, 2.45) is 4.36 Å². The second-order valence-corrected chi connectivity index (χ2v) is 8.10. The van der Waals surface area contributed by atoms with Gasteiger partial charge in [-0.25, -0.2) is 4.79 Å². The summed E-state index contributed by atoms with van der Waals surface area (Å²) in [7, 11) is 1.56. The average molecular weight is 440 g/mol. The number of benzene rings is 2. The van der Waals surface area contributed by atoms with Gasteiger partial charge in [0, 0.05) is 37.0 Å². The summed E-state index contributed by atoms with van der Waals surface area (Å²) in [5.41, 5.74) is 1.54. The number of ether oxygens (including phenoxy) is 1. The second kappa shape index (κ2) is 10.5. The van der Waals surface area contributed by atoms with Crippen LogP contribution in [0.15, 0.2) is 59.0 Å². The van der Waals surface area contributed by atoms with Crippen molar-refractivity contribution in [3.63, 3.8) is 0 Å². The molecule has 164 valence electrons. The molecule has 1 N–H and O–H groups in total. The maximum Gasteiger partial charge on any atom is 0.355 e. The lowest BCUT2D eigenvalue weighted by atomic mass is 9.68. The lowest BCUT2D eigenvalue weighted by Crippen LogP contribution is -2.48. The third-order valence-corrected chi connectivity index (χ3v) is 6.50. The van der Waals surface area contributed by atoms with Gasteiger partial charge in [0.05, 0.1) is 12.7 Å². The first-order chi connectivity index (χ1) is 15.0. The molecule has 3 rings (SSSR count). The summed E-state index contributed by atoms with van der Waals surface area (Å²) >= 11 is 4.62. The first-order valence-electron chi connectivity index (χ1n) is 10.7. The molecule has 1 fully saturated rings. The molecular weight excluding hydrogens is 410 g/mol. The Morgan fingerprint density at radius 2 is 1.77 bits per heavy atom. The summed E-state index contributed by atoms with van der Waals surface area (Å²) in [6.45, 7) is 3.06. The number of carbonyl (C=O) groups is 2. The van der Waals surface area contributed by atoms with Crippen molar-refractivity contribution in [1.29, 1.82) is 0 Å². The minimum atomic E-state index is -0.334. The van der Waals surface area contributed by atoms with Crippen LogP contribution in [0.1, 0.15) is 48.5 Å². The van der Waals surface area contributed by atoms with Crippen LogP contribution in [-0.4, -0.2) is 43.1 Å². The van der Waals surface area contributed by atoms with E-state index in [4.69, 9.17) is 4.74 Å². The summed E-state index contributed by atoms with van der Waals surface area (Å²) in [5.74, 6) is 0.410. The predicted octanol–water partition coefficient (Wildman–Crippen LogP) is 4.48. The van der Waals surface area contributed by atoms with Crippen molar-refractivity contribution >= 4 is 24.4 Å². The minimum absolute atomic E-state index is 0.117. The number of hydrogen-bond donors (Lipinski definition) is 1. The van der Waals surface area contributed by atoms with Gasteiger partial charge in [-0.15, -0.1) is 4.36 Å². The minimum Gasteiger partial charge on any atom is -0.496 e. The van der Waals surface area contributed by atoms with Gasteiger partial charge >= 0.3 is 6.03 Å². The molecule has 1 aliphatic rings. The van der Waals surface area contributed by atoms with E-state index >= 15 is 0 Å². The number of hydrogen-bond acceptors (Lipinski definition) is 4. The molecule has 6 nitrogen and oxygen atoms in total. The van der Waals surface area contributed by atoms with E-state index in [1.807, 2.05) is 37.3 Å². The van der Waals surface area contributed by atoms with Crippen molar-refractivity contribution in [2.75, 3.05) is 20.2 Å². The molecule has 1 aliphatic carbocycles. The number of amides is 3. The topological polar surface area (TPSA) is 71.0 Å². The Kier molecular flexibility index (Phi) is 7.74. The van der Waals surface area contributed by atoms with E-state index in [0.717, 1.165) is 25.7 Å². The monoisotopic (exact) mass is 439 g/mol. The van der Waals surface area contributed by atoms with Crippen LogP contribution < -0.4 is 10.1 Å². The molecule has 1 saturated carbocycles. The molecule has 2 aromatic rings. The standard InChI is InChI=1S/C24H29N3O3S/c1-3-27(23(29)26-31)19-13-15-24(16-14-19,18-9-5-4-6-10-18)17-25-22(28)20-11-7-8-12-21(20)30-2/h4-12,19H,3,13-17H2,1-2H3,(H,25,28). The highest BCUT2D eigenvalue weighted by molar-refractivity contribution is 7.47. The van der Waals surface area contributed by atoms with Crippen LogP contribution in [0.25, 0.3) is 0 Å². The largest absolute Gasteiger partial charge is 0.496 e. The summed E-state index contributed by atoms with van der Waals surface area (Å²) in [5, 5.41) is 3.14. The Hall–Kier alpha value is -2.80. The van der Waals surface area contributed by atoms with Gasteiger partial charge in [0.2, 0.25) is 0 Å². The smallest absolute Gasteiger partial charge is 0.355 e. The van der Waals surface area contributed by atoms with Crippen molar-refractivity contribution < 1.29 is 14.3 Å². The maximum absolute atomic E-state index is 12.9. The van der Waals surface area contributed by atoms with E-state index in [1.54, 1.807) is 24.1 Å². The number of nitrogens with zero attached hydrogens (tertiary/aromatic N) is 2. The molecule has 0 atom stereocenters. The van der Waals surface area contributed by atoms with Crippen LogP contribution >= 0.6 is 0 Å². The fraction of sp³-hybridized carbons (Fsp3) is 0.417. The van der Waals surface area contributed by atoms with Crippen LogP contribution in [0.3, 0.4) is 0 Å². The number of para-hydroxylation sites is 1. The molecule has 7 heteroatoms. The van der Waals surface area contributed by atoms with Crippen LogP contribution in [0.2, 0.25) is 0 Å². The fourth-order valence-electron chi connectivity index (χ4n) is 4.61. The Morgan fingerprint density at radius 3 is 2.39 bits per heavy atom. The average Bonchev–Trinajstić information content (AvgIpc) is 2.84. The summed E-state index contributed by atoms with van der Waals surface area (Å²) in [6, 6.07) is 17.3. The van der Waals surface area contributed by atoms with Gasteiger partial charge in [-0.1, -0.05) is 42.5 Å². The zero-order valence-electron chi connectivity index (χ0n) is 18.0. The van der Waals surface area contributed by atoms with Gasteiger partial charge in [0.25, 0.3) is 5.91 Å². The number of methoxy groups -OCH3 is 1. The van der Waals surface area contributed by atoms with E-state index in [9.17, 15) is 9.59 Å². The zero-order chi connectivity index (χ0) is 22.3. The van der Waals surface area contributed by atoms with E-state index < -0.39 is 0 Å². The van der Waals surface area contributed by atoms with Gasteiger partial charge in [0.1, 0.15) is 5.75 Å². The molecule has 0 unspecified atom stereocenters. The lowest BCUT2D eigenvalue weighted by molar-refractivity contribution is 0.0923. The van der Waals surface area contributed by atoms with Crippen LogP contribution in [0.5, 0.6) is 5.75 Å². The second-order valence-electron chi connectivity index (χ2n) is 7.92. The normalized spacial score (nSPS) is 20.5. The molecule has 0 radical (unpaired) electrons. The molecule has 3 amide bonds. The molecule has 0 spiro atoms. The number of carbonyl (C=O) groups excluding carboxylic acids is 2. The van der Waals surface area contributed by atoms with Crippen LogP contribution in [-0.2, 0) is 17.8 Å². The molecule has 0 heterocycles. The SMILES string of the molecule is CCN(C(=O)N=S)C1CCC(CNC(=O)c2ccccc2OC)(c2ccccc2)CC1. The Morgan fingerprint density at radius 1 is 1.13 bits per heavy atom. The van der Waals surface area contributed by atoms with Gasteiger partial charge in [-0.2, -0.15) is 0 Å². The molecule has 0 aliphatic heterocycles. The Balaban J connectivity index is 1.78. The molecule has 31 heavy (non-hydrogen) atoms. The Labute approximate surface area is 189 Å². The van der Waals surface area contributed by atoms with Crippen LogP contribution in [0, 0.1) is 0 Å². The number of nitrogens with one attached hydrogen (secondary N) is 1. The first kappa shape index (κ1) is 22.9. The molecular formula is C24H29N3O3S. The molecule has 0 saturated heterocycles. The molecule has 0 bridgehead atoms. The molecule has 2 aromatic carbocycles. The van der Waals surface area contributed by atoms with Crippen molar-refractivity contribution in [3.05, 3.63) is 65.7 Å². The fourth-order valence-corrected chi connectivity index (χ4v) is 4.71. The van der Waals surface area contributed by atoms with Gasteiger partial charge in [-0.3, -0.25) is 4.79 Å². The van der Waals surface area contributed by atoms with E-state index in [0.29, 0.717) is 24.4 Å². The highest BCUT2D eigenvalue weighted by atomic mass is 32.1. The van der Waals surface area contributed by atoms with E-state index in [1.165, 1.54) is 5.56 Å². The first-order valence-corrected chi connectivity index (χ1v) is 11.0. The third-order valence-electron chi connectivity index (χ3n) is 6.34. The van der Waals surface area contributed by atoms with Crippen molar-refractivity contribution in [1.82, 2.24) is 10.2 Å². The van der Waals surface area contributed by atoms with Crippen molar-refractivity contribution in [3.8, 4) is 5.75 Å². The highest BCUT2D eigenvalue weighted by Crippen LogP contribution is 2.40. The van der Waals surface area contributed by atoms with E-state index in [2.05, 4.69) is 34.2 Å². The summed E-state index contributed by atoms with van der Waals surface area (Å²) in [4.78, 5) is 26.8. The number of rotatable bonds is 7. The summed E-state index contributed by atoms with van der Waals surface area (Å²) < 4.78 is 8.78. The Bertz CT molecular complexity index is 911. The number of urea groups is 1. The van der Waals surface area contributed by atoms with Crippen LogP contribution in [0.4, 0.5) is 4.79 Å². The highest BCUT2D eigenvalue weighted by Gasteiger charge is 2.39. The lowest BCUT2D eigenvalue weighted by Gasteiger charge is -2.43. The van der Waals surface area contributed by atoms with Gasteiger partial charge in [-0.05, 0) is 50.3 Å².